The predicted molar refractivity (Wildman–Crippen MR) is 68.3 cm³/mol. The number of β-amino-alcohol motifs (C(OH)–C–C–N with tert-alkyl or cyclic N) is 2. The first-order valence-electron chi connectivity index (χ1n) is 6.60. The van der Waals surface area contributed by atoms with Crippen molar-refractivity contribution in [3.8, 4) is 0 Å². The number of hydrogen-bond acceptors (Lipinski definition) is 6. The highest BCUT2D eigenvalue weighted by Crippen LogP contribution is 2.28. The van der Waals surface area contributed by atoms with Crippen LogP contribution in [-0.2, 0) is 0 Å². The van der Waals surface area contributed by atoms with E-state index in [2.05, 4.69) is 5.32 Å². The van der Waals surface area contributed by atoms with Crippen LogP contribution >= 0.6 is 0 Å². The summed E-state index contributed by atoms with van der Waals surface area (Å²) in [6.07, 6.45) is 0.979. The van der Waals surface area contributed by atoms with Gasteiger partial charge in [0.25, 0.3) is 0 Å². The van der Waals surface area contributed by atoms with E-state index < -0.39 is 17.7 Å². The predicted octanol–water partition coefficient (Wildman–Crippen LogP) is -1.86. The van der Waals surface area contributed by atoms with Crippen LogP contribution in [0.5, 0.6) is 0 Å². The molecule has 2 aliphatic rings. The van der Waals surface area contributed by atoms with E-state index in [-0.39, 0.29) is 13.2 Å². The maximum atomic E-state index is 9.58. The van der Waals surface area contributed by atoms with Crippen molar-refractivity contribution in [3.63, 3.8) is 0 Å². The zero-order chi connectivity index (χ0) is 13.6. The first-order chi connectivity index (χ1) is 8.56. The molecule has 2 heterocycles. The lowest BCUT2D eigenvalue weighted by atomic mass is 9.96. The lowest BCUT2D eigenvalue weighted by Gasteiger charge is -2.34. The van der Waals surface area contributed by atoms with Crippen LogP contribution < -0.4 is 5.32 Å². The Morgan fingerprint density at radius 3 is 2.22 bits per heavy atom. The topological polar surface area (TPSA) is 96.2 Å². The van der Waals surface area contributed by atoms with Crippen LogP contribution in [0.25, 0.3) is 0 Å². The van der Waals surface area contributed by atoms with E-state index in [0.29, 0.717) is 13.1 Å². The summed E-state index contributed by atoms with van der Waals surface area (Å²) in [4.78, 5) is 1.70. The third-order valence-corrected chi connectivity index (χ3v) is 3.78. The zero-order valence-corrected chi connectivity index (χ0v) is 11.0. The Morgan fingerprint density at radius 1 is 1.22 bits per heavy atom. The first kappa shape index (κ1) is 15.8. The Labute approximate surface area is 108 Å². The van der Waals surface area contributed by atoms with Gasteiger partial charge in [0.05, 0.1) is 24.9 Å². The molecule has 2 rings (SSSR count). The molecular weight excluding hydrogens is 236 g/mol. The molecule has 0 aromatic rings. The van der Waals surface area contributed by atoms with Gasteiger partial charge in [-0.05, 0) is 32.9 Å². The molecule has 0 saturated carbocycles. The van der Waals surface area contributed by atoms with Gasteiger partial charge in [-0.15, -0.1) is 0 Å². The van der Waals surface area contributed by atoms with Crippen molar-refractivity contribution in [2.45, 2.75) is 37.5 Å². The van der Waals surface area contributed by atoms with Crippen LogP contribution in [0, 0.1) is 0 Å². The number of rotatable bonds is 3. The second-order valence-electron chi connectivity index (χ2n) is 5.15. The van der Waals surface area contributed by atoms with Gasteiger partial charge in [0.15, 0.2) is 0 Å². The summed E-state index contributed by atoms with van der Waals surface area (Å²) in [7, 11) is 0. The molecule has 108 valence electrons. The van der Waals surface area contributed by atoms with Gasteiger partial charge in [-0.2, -0.15) is 0 Å². The summed E-state index contributed by atoms with van der Waals surface area (Å²) in [6.45, 7) is 4.54. The minimum atomic E-state index is -0.955. The minimum absolute atomic E-state index is 0.0466. The van der Waals surface area contributed by atoms with Crippen LogP contribution in [-0.4, -0.2) is 82.5 Å². The summed E-state index contributed by atoms with van der Waals surface area (Å²) >= 11 is 0. The number of aliphatic hydroxyl groups is 4. The minimum Gasteiger partial charge on any atom is -0.395 e. The zero-order valence-electron chi connectivity index (χ0n) is 11.0. The lowest BCUT2D eigenvalue weighted by Crippen LogP contribution is -2.52. The molecule has 2 fully saturated rings. The molecule has 18 heavy (non-hydrogen) atoms. The van der Waals surface area contributed by atoms with Crippen molar-refractivity contribution in [2.24, 2.45) is 0 Å². The van der Waals surface area contributed by atoms with Gasteiger partial charge in [0.1, 0.15) is 6.10 Å². The Hall–Kier alpha value is -0.240. The van der Waals surface area contributed by atoms with Crippen molar-refractivity contribution < 1.29 is 20.4 Å². The number of aliphatic hydroxyl groups excluding tert-OH is 4. The average Bonchev–Trinajstić information content (AvgIpc) is 3.00. The molecule has 0 aromatic heterocycles. The highest BCUT2D eigenvalue weighted by Gasteiger charge is 2.48. The maximum Gasteiger partial charge on any atom is 0.101 e. The van der Waals surface area contributed by atoms with Crippen LogP contribution in [0.1, 0.15) is 19.8 Å². The Balaban J connectivity index is 0.000000269. The average molecular weight is 262 g/mol. The molecule has 0 unspecified atom stereocenters. The number of nitrogens with zero attached hydrogens (tertiary/aromatic N) is 1. The first-order valence-corrected chi connectivity index (χ1v) is 6.60. The third-order valence-electron chi connectivity index (χ3n) is 3.78. The summed E-state index contributed by atoms with van der Waals surface area (Å²) in [6, 6.07) is 0. The van der Waals surface area contributed by atoms with E-state index >= 15 is 0 Å². The van der Waals surface area contributed by atoms with Crippen molar-refractivity contribution in [1.29, 1.82) is 0 Å². The number of nitrogens with one attached hydrogen (secondary N) is 1. The molecule has 0 amide bonds. The SMILES string of the molecule is C1CCNC1.C[C@]1(CO)[C@H](O)[C@H](O)CN1CCO. The van der Waals surface area contributed by atoms with Gasteiger partial charge < -0.3 is 25.7 Å². The fraction of sp³-hybridized carbons (Fsp3) is 1.00. The van der Waals surface area contributed by atoms with Crippen LogP contribution in [0.2, 0.25) is 0 Å². The third kappa shape index (κ3) is 3.63. The largest absolute Gasteiger partial charge is 0.395 e. The molecule has 0 spiro atoms. The Morgan fingerprint density at radius 2 is 1.83 bits per heavy atom. The molecule has 0 radical (unpaired) electrons. The molecule has 6 heteroatoms. The van der Waals surface area contributed by atoms with E-state index in [0.717, 1.165) is 0 Å². The molecule has 5 N–H and O–H groups in total. The van der Waals surface area contributed by atoms with Gasteiger partial charge in [0.2, 0.25) is 0 Å². The van der Waals surface area contributed by atoms with Crippen molar-refractivity contribution in [1.82, 2.24) is 10.2 Å². The van der Waals surface area contributed by atoms with Crippen LogP contribution in [0.15, 0.2) is 0 Å². The lowest BCUT2D eigenvalue weighted by molar-refractivity contribution is -0.0306. The fourth-order valence-corrected chi connectivity index (χ4v) is 2.42. The molecule has 2 aliphatic heterocycles. The molecule has 0 bridgehead atoms. The summed E-state index contributed by atoms with van der Waals surface area (Å²) in [5.74, 6) is 0. The molecule has 3 atom stereocenters. The highest BCUT2D eigenvalue weighted by atomic mass is 16.3. The fourth-order valence-electron chi connectivity index (χ4n) is 2.42. The Kier molecular flexibility index (Phi) is 6.48. The summed E-state index contributed by atoms with van der Waals surface area (Å²) < 4.78 is 0. The van der Waals surface area contributed by atoms with E-state index in [1.165, 1.54) is 25.9 Å². The van der Waals surface area contributed by atoms with Gasteiger partial charge >= 0.3 is 0 Å². The number of likely N-dealkylation sites (tertiary alicyclic amines) is 1. The van der Waals surface area contributed by atoms with Crippen LogP contribution in [0.3, 0.4) is 0 Å². The smallest absolute Gasteiger partial charge is 0.101 e. The monoisotopic (exact) mass is 262 g/mol. The van der Waals surface area contributed by atoms with Crippen LogP contribution in [0.4, 0.5) is 0 Å². The summed E-state index contributed by atoms with van der Waals surface area (Å²) in [5.41, 5.74) is -0.831. The van der Waals surface area contributed by atoms with E-state index in [9.17, 15) is 10.2 Å². The van der Waals surface area contributed by atoms with Gasteiger partial charge in [-0.1, -0.05) is 0 Å². The van der Waals surface area contributed by atoms with Crippen molar-refractivity contribution in [3.05, 3.63) is 0 Å². The van der Waals surface area contributed by atoms with E-state index in [1.54, 1.807) is 11.8 Å². The molecule has 0 aliphatic carbocycles. The highest BCUT2D eigenvalue weighted by molar-refractivity contribution is 5.03. The van der Waals surface area contributed by atoms with E-state index in [4.69, 9.17) is 10.2 Å². The molecular formula is C12H26N2O4. The van der Waals surface area contributed by atoms with Crippen molar-refractivity contribution >= 4 is 0 Å². The molecule has 6 nitrogen and oxygen atoms in total. The number of hydrogen-bond donors (Lipinski definition) is 5. The van der Waals surface area contributed by atoms with Gasteiger partial charge in [-0.3, -0.25) is 4.90 Å². The summed E-state index contributed by atoms with van der Waals surface area (Å²) in [5, 5.41) is 40.0. The molecule has 0 aromatic carbocycles. The normalized spacial score (nSPS) is 36.5. The molecule has 2 saturated heterocycles. The Bertz CT molecular complexity index is 231. The second kappa shape index (κ2) is 7.37. The standard InChI is InChI=1S/C8H17NO4.C4H9N/c1-8(5-11)7(13)6(12)4-9(8)2-3-10;1-2-4-5-3-1/h6-7,10-13H,2-5H2,1H3;5H,1-4H2/t6-,7-,8+;/m1./s1. The maximum absolute atomic E-state index is 9.58. The van der Waals surface area contributed by atoms with Gasteiger partial charge in [0, 0.05) is 13.1 Å². The van der Waals surface area contributed by atoms with E-state index in [1.807, 2.05) is 0 Å². The van der Waals surface area contributed by atoms with Gasteiger partial charge in [-0.25, -0.2) is 0 Å². The second-order valence-corrected chi connectivity index (χ2v) is 5.15. The quantitative estimate of drug-likeness (QED) is 0.409. The van der Waals surface area contributed by atoms with Crippen molar-refractivity contribution in [2.75, 3.05) is 39.4 Å².